The number of nitrogens with one attached hydrogen (secondary N) is 2. The van der Waals surface area contributed by atoms with E-state index in [-0.39, 0.29) is 0 Å². The summed E-state index contributed by atoms with van der Waals surface area (Å²) in [6, 6.07) is 4.32. The van der Waals surface area contributed by atoms with E-state index in [1.54, 1.807) is 6.33 Å². The smallest absolute Gasteiger partial charge is 0.191 e. The highest BCUT2D eigenvalue weighted by molar-refractivity contribution is 5.80. The van der Waals surface area contributed by atoms with Crippen molar-refractivity contribution in [2.75, 3.05) is 6.54 Å². The lowest BCUT2D eigenvalue weighted by atomic mass is 10.1. The molecule has 0 saturated heterocycles. The quantitative estimate of drug-likeness (QED) is 0.651. The van der Waals surface area contributed by atoms with Crippen molar-refractivity contribution in [1.82, 2.24) is 30.4 Å². The maximum absolute atomic E-state index is 4.67. The van der Waals surface area contributed by atoms with Gasteiger partial charge in [0.25, 0.3) is 0 Å². The first-order valence-electron chi connectivity index (χ1n) is 8.08. The molecule has 3 heterocycles. The predicted molar refractivity (Wildman–Crippen MR) is 89.1 cm³/mol. The van der Waals surface area contributed by atoms with Gasteiger partial charge in [0.2, 0.25) is 0 Å². The Balaban J connectivity index is 1.65. The molecular formula is C16H23N7. The summed E-state index contributed by atoms with van der Waals surface area (Å²) in [6.07, 6.45) is 5.41. The molecule has 0 radical (unpaired) electrons. The third kappa shape index (κ3) is 3.85. The Kier molecular flexibility index (Phi) is 4.85. The molecule has 0 aliphatic carbocycles. The van der Waals surface area contributed by atoms with Gasteiger partial charge in [-0.1, -0.05) is 6.07 Å². The summed E-state index contributed by atoms with van der Waals surface area (Å²) in [5, 5.41) is 11.1. The van der Waals surface area contributed by atoms with Gasteiger partial charge >= 0.3 is 0 Å². The Hall–Kier alpha value is -2.44. The molecule has 1 unspecified atom stereocenters. The minimum atomic E-state index is 0.312. The van der Waals surface area contributed by atoms with Crippen LogP contribution < -0.4 is 10.6 Å². The van der Waals surface area contributed by atoms with Crippen LogP contribution in [0, 0.1) is 6.92 Å². The van der Waals surface area contributed by atoms with Gasteiger partial charge in [0, 0.05) is 25.2 Å². The van der Waals surface area contributed by atoms with Crippen LogP contribution in [0.25, 0.3) is 0 Å². The fraction of sp³-hybridized carbons (Fsp3) is 0.500. The number of rotatable bonds is 4. The minimum Gasteiger partial charge on any atom is -0.357 e. The molecular weight excluding hydrogens is 290 g/mol. The highest BCUT2D eigenvalue weighted by Crippen LogP contribution is 2.11. The largest absolute Gasteiger partial charge is 0.357 e. The number of nitrogens with zero attached hydrogens (tertiary/aromatic N) is 5. The molecule has 0 aromatic carbocycles. The van der Waals surface area contributed by atoms with Gasteiger partial charge in [-0.2, -0.15) is 5.10 Å². The highest BCUT2D eigenvalue weighted by atomic mass is 15.4. The van der Waals surface area contributed by atoms with Gasteiger partial charge in [0.15, 0.2) is 5.96 Å². The van der Waals surface area contributed by atoms with Gasteiger partial charge in [0.1, 0.15) is 12.2 Å². The second-order valence-corrected chi connectivity index (χ2v) is 5.70. The number of hydrogen-bond acceptors (Lipinski definition) is 4. The van der Waals surface area contributed by atoms with Gasteiger partial charge < -0.3 is 10.6 Å². The second-order valence-electron chi connectivity index (χ2n) is 5.70. The summed E-state index contributed by atoms with van der Waals surface area (Å²) in [4.78, 5) is 13.3. The molecule has 0 spiro atoms. The minimum absolute atomic E-state index is 0.312. The van der Waals surface area contributed by atoms with Gasteiger partial charge in [-0.15, -0.1) is 0 Å². The zero-order chi connectivity index (χ0) is 16.1. The van der Waals surface area contributed by atoms with Crippen LogP contribution in [0.2, 0.25) is 0 Å². The van der Waals surface area contributed by atoms with E-state index in [2.05, 4.69) is 50.6 Å². The van der Waals surface area contributed by atoms with Crippen molar-refractivity contribution in [3.8, 4) is 0 Å². The number of fused-ring (bicyclic) bond motifs is 1. The molecule has 1 aliphatic heterocycles. The van der Waals surface area contributed by atoms with E-state index in [4.69, 9.17) is 0 Å². The fourth-order valence-electron chi connectivity index (χ4n) is 2.71. The zero-order valence-corrected chi connectivity index (χ0v) is 13.7. The first-order chi connectivity index (χ1) is 11.3. The van der Waals surface area contributed by atoms with E-state index in [0.717, 1.165) is 49.0 Å². The van der Waals surface area contributed by atoms with Crippen molar-refractivity contribution in [3.63, 3.8) is 0 Å². The third-order valence-corrected chi connectivity index (χ3v) is 4.00. The predicted octanol–water partition coefficient (Wildman–Crippen LogP) is 1.05. The maximum atomic E-state index is 4.67. The lowest BCUT2D eigenvalue weighted by Gasteiger charge is -2.25. The van der Waals surface area contributed by atoms with Crippen LogP contribution in [0.3, 0.4) is 0 Å². The first kappa shape index (κ1) is 15.5. The lowest BCUT2D eigenvalue weighted by Crippen LogP contribution is -2.47. The Bertz CT molecular complexity index is 677. The molecule has 1 atom stereocenters. The molecule has 2 aromatic heterocycles. The number of pyridine rings is 1. The normalized spacial score (nSPS) is 17.7. The first-order valence-corrected chi connectivity index (χ1v) is 8.08. The zero-order valence-electron chi connectivity index (χ0n) is 13.7. The monoisotopic (exact) mass is 313 g/mol. The average Bonchev–Trinajstić information content (AvgIpc) is 3.02. The van der Waals surface area contributed by atoms with E-state index in [1.807, 2.05) is 16.9 Å². The molecule has 7 heteroatoms. The highest BCUT2D eigenvalue weighted by Gasteiger charge is 2.20. The van der Waals surface area contributed by atoms with Crippen LogP contribution in [0.4, 0.5) is 0 Å². The van der Waals surface area contributed by atoms with Crippen LogP contribution in [0.15, 0.2) is 29.6 Å². The average molecular weight is 313 g/mol. The van der Waals surface area contributed by atoms with Gasteiger partial charge in [-0.3, -0.25) is 4.98 Å². The summed E-state index contributed by atoms with van der Waals surface area (Å²) >= 11 is 0. The summed E-state index contributed by atoms with van der Waals surface area (Å²) in [5.74, 6) is 1.89. The number of aryl methyl sites for hydroxylation is 2. The van der Waals surface area contributed by atoms with Crippen molar-refractivity contribution in [3.05, 3.63) is 41.7 Å². The standard InChI is InChI=1S/C16H23N7/c1-3-17-16(19-9-14-12(2)5-4-8-18-14)22-13-6-7-15-20-11-21-23(15)10-13/h4-5,8,11,13H,3,6-7,9-10H2,1-2H3,(H2,17,19,22). The second kappa shape index (κ2) is 7.21. The third-order valence-electron chi connectivity index (χ3n) is 4.00. The van der Waals surface area contributed by atoms with Crippen molar-refractivity contribution in [2.45, 2.75) is 45.8 Å². The van der Waals surface area contributed by atoms with Crippen LogP contribution >= 0.6 is 0 Å². The molecule has 3 rings (SSSR count). The molecule has 2 aromatic rings. The maximum Gasteiger partial charge on any atom is 0.191 e. The molecule has 0 bridgehead atoms. The van der Waals surface area contributed by atoms with Gasteiger partial charge in [-0.05, 0) is 31.9 Å². The number of hydrogen-bond donors (Lipinski definition) is 2. The summed E-state index contributed by atoms with van der Waals surface area (Å²) in [7, 11) is 0. The van der Waals surface area contributed by atoms with Crippen molar-refractivity contribution < 1.29 is 0 Å². The van der Waals surface area contributed by atoms with Crippen LogP contribution in [-0.2, 0) is 19.5 Å². The van der Waals surface area contributed by atoms with Crippen molar-refractivity contribution in [2.24, 2.45) is 4.99 Å². The van der Waals surface area contributed by atoms with Crippen molar-refractivity contribution >= 4 is 5.96 Å². The lowest BCUT2D eigenvalue weighted by molar-refractivity contribution is 0.392. The van der Waals surface area contributed by atoms with Crippen molar-refractivity contribution in [1.29, 1.82) is 0 Å². The number of aromatic nitrogens is 4. The van der Waals surface area contributed by atoms with Crippen LogP contribution in [0.5, 0.6) is 0 Å². The van der Waals surface area contributed by atoms with Crippen LogP contribution in [-0.4, -0.2) is 38.3 Å². The molecule has 23 heavy (non-hydrogen) atoms. The van der Waals surface area contributed by atoms with E-state index in [9.17, 15) is 0 Å². The molecule has 122 valence electrons. The Labute approximate surface area is 136 Å². The van der Waals surface area contributed by atoms with E-state index >= 15 is 0 Å². The van der Waals surface area contributed by atoms with Gasteiger partial charge in [-0.25, -0.2) is 14.7 Å². The molecule has 0 amide bonds. The number of aliphatic imine (C=N–C) groups is 1. The summed E-state index contributed by atoms with van der Waals surface area (Å²) in [6.45, 7) is 6.35. The SMILES string of the molecule is CCNC(=NCc1ncccc1C)NC1CCc2ncnn2C1. The van der Waals surface area contributed by atoms with Gasteiger partial charge in [0.05, 0.1) is 18.8 Å². The topological polar surface area (TPSA) is 80.0 Å². The molecule has 0 fully saturated rings. The Morgan fingerprint density at radius 3 is 3.17 bits per heavy atom. The Morgan fingerprint density at radius 2 is 2.35 bits per heavy atom. The Morgan fingerprint density at radius 1 is 1.43 bits per heavy atom. The van der Waals surface area contributed by atoms with E-state index in [1.165, 1.54) is 0 Å². The molecule has 0 saturated carbocycles. The van der Waals surface area contributed by atoms with E-state index in [0.29, 0.717) is 12.6 Å². The number of guanidine groups is 1. The summed E-state index contributed by atoms with van der Waals surface area (Å²) < 4.78 is 1.97. The molecule has 7 nitrogen and oxygen atoms in total. The fourth-order valence-corrected chi connectivity index (χ4v) is 2.71. The van der Waals surface area contributed by atoms with Crippen LogP contribution in [0.1, 0.15) is 30.4 Å². The summed E-state index contributed by atoms with van der Waals surface area (Å²) in [5.41, 5.74) is 2.17. The molecule has 2 N–H and O–H groups in total. The van der Waals surface area contributed by atoms with E-state index < -0.39 is 0 Å². The molecule has 1 aliphatic rings.